The topological polar surface area (TPSA) is 120 Å². The smallest absolute Gasteiger partial charge is 0.455 e. The summed E-state index contributed by atoms with van der Waals surface area (Å²) in [6.45, 7) is 1.02. The first-order valence-corrected chi connectivity index (χ1v) is 11.7. The Morgan fingerprint density at radius 2 is 1.79 bits per heavy atom. The van der Waals surface area contributed by atoms with Gasteiger partial charge in [0, 0.05) is 24.7 Å². The number of pyridine rings is 2. The summed E-state index contributed by atoms with van der Waals surface area (Å²) >= 11 is 0. The zero-order chi connectivity index (χ0) is 27.4. The SMILES string of the molecule is COC(=O)c1ccc(-c2ccccc2OC)nc1N1CCCC(Nc2ccc(C(=O)C(F)(F)F)c(N)n2)C1. The quantitative estimate of drug-likeness (QED) is 0.340. The minimum atomic E-state index is -5.04. The number of hydrogen-bond donors (Lipinski definition) is 2. The third kappa shape index (κ3) is 5.63. The van der Waals surface area contributed by atoms with Gasteiger partial charge in [-0.25, -0.2) is 14.8 Å². The number of nitrogens with zero attached hydrogens (tertiary/aromatic N) is 3. The molecule has 9 nitrogen and oxygen atoms in total. The molecule has 38 heavy (non-hydrogen) atoms. The summed E-state index contributed by atoms with van der Waals surface area (Å²) in [6, 6.07) is 12.9. The lowest BCUT2D eigenvalue weighted by Crippen LogP contribution is -2.43. The fourth-order valence-corrected chi connectivity index (χ4v) is 4.36. The number of alkyl halides is 3. The van der Waals surface area contributed by atoms with Gasteiger partial charge in [-0.15, -0.1) is 0 Å². The zero-order valence-corrected chi connectivity index (χ0v) is 20.7. The average molecular weight is 530 g/mol. The Kier molecular flexibility index (Phi) is 7.70. The summed E-state index contributed by atoms with van der Waals surface area (Å²) < 4.78 is 48.8. The van der Waals surface area contributed by atoms with Crippen molar-refractivity contribution in [3.8, 4) is 17.0 Å². The maximum Gasteiger partial charge on any atom is 0.455 e. The van der Waals surface area contributed by atoms with Crippen LogP contribution in [-0.2, 0) is 4.74 Å². The number of anilines is 3. The third-order valence-corrected chi connectivity index (χ3v) is 6.16. The van der Waals surface area contributed by atoms with Crippen LogP contribution in [-0.4, -0.2) is 61.2 Å². The summed E-state index contributed by atoms with van der Waals surface area (Å²) in [4.78, 5) is 34.8. The molecule has 12 heteroatoms. The number of methoxy groups -OCH3 is 2. The predicted octanol–water partition coefficient (Wildman–Crippen LogP) is 4.35. The van der Waals surface area contributed by atoms with Gasteiger partial charge in [0.1, 0.15) is 28.8 Å². The monoisotopic (exact) mass is 529 g/mol. The molecule has 0 radical (unpaired) electrons. The number of aromatic nitrogens is 2. The van der Waals surface area contributed by atoms with E-state index in [0.29, 0.717) is 35.9 Å². The molecule has 2 aromatic heterocycles. The van der Waals surface area contributed by atoms with Crippen LogP contribution in [0.4, 0.5) is 30.6 Å². The van der Waals surface area contributed by atoms with Crippen molar-refractivity contribution < 1.29 is 32.2 Å². The van der Waals surface area contributed by atoms with Gasteiger partial charge in [0.15, 0.2) is 0 Å². The van der Waals surface area contributed by atoms with Gasteiger partial charge in [0.2, 0.25) is 0 Å². The second-order valence-electron chi connectivity index (χ2n) is 8.65. The highest BCUT2D eigenvalue weighted by atomic mass is 19.4. The summed E-state index contributed by atoms with van der Waals surface area (Å²) in [5.41, 5.74) is 6.62. The van der Waals surface area contributed by atoms with Gasteiger partial charge >= 0.3 is 12.1 Å². The number of hydrogen-bond acceptors (Lipinski definition) is 9. The maximum atomic E-state index is 12.8. The van der Waals surface area contributed by atoms with Crippen LogP contribution in [0, 0.1) is 0 Å². The average Bonchev–Trinajstić information content (AvgIpc) is 2.91. The molecule has 1 aliphatic heterocycles. The molecule has 0 bridgehead atoms. The minimum Gasteiger partial charge on any atom is -0.496 e. The van der Waals surface area contributed by atoms with Crippen molar-refractivity contribution in [1.29, 1.82) is 0 Å². The van der Waals surface area contributed by atoms with Gasteiger partial charge in [-0.2, -0.15) is 13.2 Å². The van der Waals surface area contributed by atoms with Gasteiger partial charge < -0.3 is 25.4 Å². The van der Waals surface area contributed by atoms with Gasteiger partial charge in [-0.3, -0.25) is 4.79 Å². The maximum absolute atomic E-state index is 12.8. The Morgan fingerprint density at radius 1 is 1.05 bits per heavy atom. The Labute approximate surface area is 216 Å². The highest BCUT2D eigenvalue weighted by Gasteiger charge is 2.40. The van der Waals surface area contributed by atoms with E-state index in [9.17, 15) is 22.8 Å². The summed E-state index contributed by atoms with van der Waals surface area (Å²) in [5, 5.41) is 3.16. The largest absolute Gasteiger partial charge is 0.496 e. The standard InChI is InChI=1S/C26H26F3N5O4/c1-37-20-8-4-3-7-16(20)19-11-9-18(25(36)38-2)24(32-19)34-13-5-6-15(14-34)31-21-12-10-17(23(30)33-21)22(35)26(27,28)29/h3-4,7-12,15H,5-6,13-14H2,1-2H3,(H3,30,31,33). The molecular weight excluding hydrogens is 503 g/mol. The molecular formula is C26H26F3N5O4. The van der Waals surface area contributed by atoms with Gasteiger partial charge in [-0.1, -0.05) is 12.1 Å². The van der Waals surface area contributed by atoms with Gasteiger partial charge in [0.05, 0.1) is 25.5 Å². The normalized spacial score (nSPS) is 15.6. The minimum absolute atomic E-state index is 0.193. The molecule has 0 saturated carbocycles. The van der Waals surface area contributed by atoms with Crippen LogP contribution in [0.25, 0.3) is 11.3 Å². The molecule has 0 aliphatic carbocycles. The number of halogens is 3. The van der Waals surface area contributed by atoms with E-state index in [4.69, 9.17) is 20.2 Å². The van der Waals surface area contributed by atoms with Gasteiger partial charge in [0.25, 0.3) is 5.78 Å². The van der Waals surface area contributed by atoms with Gasteiger partial charge in [-0.05, 0) is 49.2 Å². The number of ether oxygens (including phenoxy) is 2. The summed E-state index contributed by atoms with van der Waals surface area (Å²) in [7, 11) is 2.86. The molecule has 3 heterocycles. The van der Waals surface area contributed by atoms with Crippen molar-refractivity contribution in [2.45, 2.75) is 25.1 Å². The number of nitrogens with one attached hydrogen (secondary N) is 1. The van der Waals surface area contributed by atoms with Crippen LogP contribution in [0.5, 0.6) is 5.75 Å². The Morgan fingerprint density at radius 3 is 2.47 bits per heavy atom. The lowest BCUT2D eigenvalue weighted by molar-refractivity contribution is -0.0884. The highest BCUT2D eigenvalue weighted by molar-refractivity contribution is 6.03. The number of para-hydroxylation sites is 1. The molecule has 4 rings (SSSR count). The number of carbonyl (C=O) groups excluding carboxylic acids is 2. The molecule has 1 saturated heterocycles. The van der Waals surface area contributed by atoms with E-state index >= 15 is 0 Å². The van der Waals surface area contributed by atoms with Crippen molar-refractivity contribution in [3.63, 3.8) is 0 Å². The highest BCUT2D eigenvalue weighted by Crippen LogP contribution is 2.32. The molecule has 0 spiro atoms. The lowest BCUT2D eigenvalue weighted by atomic mass is 10.0. The van der Waals surface area contributed by atoms with Crippen molar-refractivity contribution in [2.75, 3.05) is 43.3 Å². The van der Waals surface area contributed by atoms with E-state index < -0.39 is 29.3 Å². The second-order valence-corrected chi connectivity index (χ2v) is 8.65. The first-order chi connectivity index (χ1) is 18.1. The first kappa shape index (κ1) is 26.7. The van der Waals surface area contributed by atoms with Crippen LogP contribution >= 0.6 is 0 Å². The van der Waals surface area contributed by atoms with Crippen molar-refractivity contribution in [1.82, 2.24) is 9.97 Å². The zero-order valence-electron chi connectivity index (χ0n) is 20.7. The summed E-state index contributed by atoms with van der Waals surface area (Å²) in [5.74, 6) is -1.79. The second kappa shape index (κ2) is 11.0. The van der Waals surface area contributed by atoms with E-state index in [1.54, 1.807) is 19.2 Å². The van der Waals surface area contributed by atoms with Crippen LogP contribution in [0.3, 0.4) is 0 Å². The van der Waals surface area contributed by atoms with E-state index in [-0.39, 0.29) is 11.9 Å². The van der Waals surface area contributed by atoms with Crippen molar-refractivity contribution >= 4 is 29.2 Å². The molecule has 1 atom stereocenters. The Balaban J connectivity index is 1.60. The van der Waals surface area contributed by atoms with Crippen LogP contribution in [0.1, 0.15) is 33.6 Å². The number of nitrogen functional groups attached to an aromatic ring is 1. The fraction of sp³-hybridized carbons (Fsp3) is 0.308. The first-order valence-electron chi connectivity index (χ1n) is 11.7. The Bertz CT molecular complexity index is 1350. The number of piperidine rings is 1. The molecule has 1 aliphatic rings. The van der Waals surface area contributed by atoms with Crippen molar-refractivity contribution in [3.05, 3.63) is 59.7 Å². The molecule has 1 unspecified atom stereocenters. The number of Topliss-reactive ketones (excluding diaryl/α,β-unsaturated/α-hetero) is 1. The van der Waals surface area contributed by atoms with E-state index in [1.807, 2.05) is 29.2 Å². The number of nitrogens with two attached hydrogens (primary N) is 1. The number of ketones is 1. The van der Waals surface area contributed by atoms with Crippen LogP contribution in [0.15, 0.2) is 48.5 Å². The molecule has 3 aromatic rings. The third-order valence-electron chi connectivity index (χ3n) is 6.16. The number of esters is 1. The molecule has 0 amide bonds. The number of carbonyl (C=O) groups is 2. The Hall–Kier alpha value is -4.35. The number of rotatable bonds is 7. The lowest BCUT2D eigenvalue weighted by Gasteiger charge is -2.35. The molecule has 3 N–H and O–H groups in total. The molecule has 200 valence electrons. The predicted molar refractivity (Wildman–Crippen MR) is 135 cm³/mol. The van der Waals surface area contributed by atoms with Crippen molar-refractivity contribution in [2.24, 2.45) is 0 Å². The molecule has 1 fully saturated rings. The summed E-state index contributed by atoms with van der Waals surface area (Å²) in [6.07, 6.45) is -3.59. The van der Waals surface area contributed by atoms with Crippen LogP contribution in [0.2, 0.25) is 0 Å². The van der Waals surface area contributed by atoms with E-state index in [0.717, 1.165) is 24.5 Å². The van der Waals surface area contributed by atoms with E-state index in [2.05, 4.69) is 10.3 Å². The van der Waals surface area contributed by atoms with E-state index in [1.165, 1.54) is 13.2 Å². The van der Waals surface area contributed by atoms with Crippen LogP contribution < -0.4 is 20.7 Å². The fourth-order valence-electron chi connectivity index (χ4n) is 4.36. The number of benzene rings is 1. The molecule has 1 aromatic carbocycles.